The first-order chi connectivity index (χ1) is 9.16. The Morgan fingerprint density at radius 3 is 2.89 bits per heavy atom. The lowest BCUT2D eigenvalue weighted by molar-refractivity contribution is -0.124. The maximum Gasteiger partial charge on any atom is 0.224 e. The van der Waals surface area contributed by atoms with Gasteiger partial charge in [-0.3, -0.25) is 9.78 Å². The number of nitrogens with one attached hydrogen (secondary N) is 1. The van der Waals surface area contributed by atoms with Crippen molar-refractivity contribution in [3.63, 3.8) is 0 Å². The number of likely N-dealkylation sites (tertiary alicyclic amines) is 1. The van der Waals surface area contributed by atoms with Gasteiger partial charge in [-0.15, -0.1) is 0 Å². The van der Waals surface area contributed by atoms with Gasteiger partial charge in [-0.1, -0.05) is 13.8 Å². The van der Waals surface area contributed by atoms with Gasteiger partial charge in [-0.25, -0.2) is 0 Å². The van der Waals surface area contributed by atoms with E-state index in [0.717, 1.165) is 19.5 Å². The van der Waals surface area contributed by atoms with Gasteiger partial charge in [-0.05, 0) is 32.1 Å². The lowest BCUT2D eigenvalue weighted by atomic mass is 10.1. The van der Waals surface area contributed by atoms with Crippen LogP contribution in [0.2, 0.25) is 0 Å². The van der Waals surface area contributed by atoms with Crippen LogP contribution in [-0.2, 0) is 11.3 Å². The van der Waals surface area contributed by atoms with Crippen molar-refractivity contribution in [3.8, 4) is 5.75 Å². The van der Waals surface area contributed by atoms with E-state index in [1.807, 2.05) is 20.9 Å². The fourth-order valence-electron chi connectivity index (χ4n) is 2.03. The highest BCUT2D eigenvalue weighted by atomic mass is 16.3. The quantitative estimate of drug-likeness (QED) is 0.866. The van der Waals surface area contributed by atoms with Crippen LogP contribution in [0.25, 0.3) is 0 Å². The molecular formula is C14H23N3O2. The van der Waals surface area contributed by atoms with Crippen LogP contribution in [0.5, 0.6) is 5.75 Å². The molecular weight excluding hydrogens is 242 g/mol. The number of hydrogen-bond acceptors (Lipinski definition) is 4. The summed E-state index contributed by atoms with van der Waals surface area (Å²) >= 11 is 0. The highest BCUT2D eigenvalue weighted by Gasteiger charge is 2.25. The molecule has 5 nitrogen and oxygen atoms in total. The lowest BCUT2D eigenvalue weighted by Crippen LogP contribution is -2.32. The van der Waals surface area contributed by atoms with Crippen molar-refractivity contribution in [2.45, 2.75) is 26.8 Å². The molecule has 1 aromatic rings. The molecule has 1 unspecified atom stereocenters. The lowest BCUT2D eigenvalue weighted by Gasteiger charge is -2.11. The molecule has 2 N–H and O–H groups in total. The molecule has 2 heterocycles. The summed E-state index contributed by atoms with van der Waals surface area (Å²) in [4.78, 5) is 18.0. The Balaban J connectivity index is 0.000000861. The van der Waals surface area contributed by atoms with Gasteiger partial charge in [-0.2, -0.15) is 0 Å². The van der Waals surface area contributed by atoms with Crippen LogP contribution >= 0.6 is 0 Å². The highest BCUT2D eigenvalue weighted by Crippen LogP contribution is 2.15. The first kappa shape index (κ1) is 15.4. The summed E-state index contributed by atoms with van der Waals surface area (Å²) in [5, 5.41) is 12.3. The summed E-state index contributed by atoms with van der Waals surface area (Å²) in [5.74, 6) is 0.224. The van der Waals surface area contributed by atoms with Gasteiger partial charge in [0, 0.05) is 12.7 Å². The zero-order valence-corrected chi connectivity index (χ0v) is 11.9. The van der Waals surface area contributed by atoms with Crippen LogP contribution in [-0.4, -0.2) is 41.0 Å². The predicted molar refractivity (Wildman–Crippen MR) is 74.7 cm³/mol. The minimum absolute atomic E-state index is 0.0411. The average molecular weight is 265 g/mol. The second kappa shape index (κ2) is 7.74. The van der Waals surface area contributed by atoms with Crippen molar-refractivity contribution >= 4 is 5.91 Å². The van der Waals surface area contributed by atoms with E-state index < -0.39 is 0 Å². The van der Waals surface area contributed by atoms with E-state index >= 15 is 0 Å². The molecule has 1 fully saturated rings. The number of amides is 1. The summed E-state index contributed by atoms with van der Waals surface area (Å²) in [5.41, 5.74) is 0.507. The molecule has 19 heavy (non-hydrogen) atoms. The Labute approximate surface area is 114 Å². The summed E-state index contributed by atoms with van der Waals surface area (Å²) < 4.78 is 0. The standard InChI is InChI=1S/C12H17N3O2.C2H6/c1-15-6-4-9(8-15)12(17)14-7-10-11(16)3-2-5-13-10;1-2/h2-3,5,9,16H,4,6-8H2,1H3,(H,14,17);1-2H3. The Hall–Kier alpha value is -1.62. The number of rotatable bonds is 3. The van der Waals surface area contributed by atoms with Crippen molar-refractivity contribution in [3.05, 3.63) is 24.0 Å². The van der Waals surface area contributed by atoms with Crippen LogP contribution < -0.4 is 5.32 Å². The number of nitrogens with zero attached hydrogens (tertiary/aromatic N) is 2. The second-order valence-electron chi connectivity index (χ2n) is 4.43. The minimum atomic E-state index is 0.0411. The zero-order chi connectivity index (χ0) is 14.3. The predicted octanol–water partition coefficient (Wildman–Crippen LogP) is 1.38. The van der Waals surface area contributed by atoms with Gasteiger partial charge in [0.05, 0.1) is 12.5 Å². The van der Waals surface area contributed by atoms with Gasteiger partial charge in [0.2, 0.25) is 5.91 Å². The normalized spacial score (nSPS) is 18.6. The van der Waals surface area contributed by atoms with E-state index in [2.05, 4.69) is 15.2 Å². The Morgan fingerprint density at radius 2 is 2.32 bits per heavy atom. The van der Waals surface area contributed by atoms with Crippen molar-refractivity contribution in [2.75, 3.05) is 20.1 Å². The molecule has 0 radical (unpaired) electrons. The summed E-state index contributed by atoms with van der Waals surface area (Å²) in [7, 11) is 2.01. The van der Waals surface area contributed by atoms with Gasteiger partial charge in [0.15, 0.2) is 0 Å². The van der Waals surface area contributed by atoms with E-state index in [1.165, 1.54) is 0 Å². The Bertz CT molecular complexity index is 409. The fraction of sp³-hybridized carbons (Fsp3) is 0.571. The Kier molecular flexibility index (Phi) is 6.29. The van der Waals surface area contributed by atoms with Crippen LogP contribution in [0.4, 0.5) is 0 Å². The van der Waals surface area contributed by atoms with E-state index in [9.17, 15) is 9.90 Å². The maximum atomic E-state index is 11.8. The van der Waals surface area contributed by atoms with Crippen molar-refractivity contribution in [1.82, 2.24) is 15.2 Å². The molecule has 106 valence electrons. The van der Waals surface area contributed by atoms with Crippen LogP contribution in [0.15, 0.2) is 18.3 Å². The molecule has 0 aliphatic carbocycles. The van der Waals surface area contributed by atoms with Crippen molar-refractivity contribution in [1.29, 1.82) is 0 Å². The molecule has 1 atom stereocenters. The third kappa shape index (κ3) is 4.52. The van der Waals surface area contributed by atoms with Crippen molar-refractivity contribution in [2.24, 2.45) is 5.92 Å². The average Bonchev–Trinajstić information content (AvgIpc) is 2.86. The molecule has 0 aromatic carbocycles. The molecule has 1 amide bonds. The summed E-state index contributed by atoms with van der Waals surface area (Å²) in [6.45, 7) is 6.05. The summed E-state index contributed by atoms with van der Waals surface area (Å²) in [6.07, 6.45) is 2.50. The Morgan fingerprint density at radius 1 is 1.58 bits per heavy atom. The molecule has 1 aliphatic heterocycles. The molecule has 0 saturated carbocycles. The number of pyridine rings is 1. The fourth-order valence-corrected chi connectivity index (χ4v) is 2.03. The molecule has 0 bridgehead atoms. The highest BCUT2D eigenvalue weighted by molar-refractivity contribution is 5.79. The monoisotopic (exact) mass is 265 g/mol. The number of aromatic hydroxyl groups is 1. The molecule has 0 spiro atoms. The third-order valence-electron chi connectivity index (χ3n) is 3.06. The zero-order valence-electron chi connectivity index (χ0n) is 11.9. The number of aromatic nitrogens is 1. The number of carbonyl (C=O) groups is 1. The molecule has 1 saturated heterocycles. The van der Waals surface area contributed by atoms with Gasteiger partial charge in [0.1, 0.15) is 11.4 Å². The SMILES string of the molecule is CC.CN1CCC(C(=O)NCc2ncccc2O)C1. The van der Waals surface area contributed by atoms with Crippen LogP contribution in [0.1, 0.15) is 26.0 Å². The molecule has 2 rings (SSSR count). The number of hydrogen-bond donors (Lipinski definition) is 2. The number of carbonyl (C=O) groups excluding carboxylic acids is 1. The largest absolute Gasteiger partial charge is 0.506 e. The second-order valence-corrected chi connectivity index (χ2v) is 4.43. The molecule has 1 aromatic heterocycles. The maximum absolute atomic E-state index is 11.8. The van der Waals surface area contributed by atoms with E-state index in [1.54, 1.807) is 18.3 Å². The van der Waals surface area contributed by atoms with Crippen LogP contribution in [0, 0.1) is 5.92 Å². The molecule has 1 aliphatic rings. The first-order valence-corrected chi connectivity index (χ1v) is 6.76. The van der Waals surface area contributed by atoms with E-state index in [-0.39, 0.29) is 24.1 Å². The molecule has 5 heteroatoms. The third-order valence-corrected chi connectivity index (χ3v) is 3.06. The minimum Gasteiger partial charge on any atom is -0.506 e. The van der Waals surface area contributed by atoms with E-state index in [0.29, 0.717) is 5.69 Å². The van der Waals surface area contributed by atoms with Gasteiger partial charge >= 0.3 is 0 Å². The van der Waals surface area contributed by atoms with Gasteiger partial charge < -0.3 is 15.3 Å². The summed E-state index contributed by atoms with van der Waals surface area (Å²) in [6, 6.07) is 3.23. The van der Waals surface area contributed by atoms with Gasteiger partial charge in [0.25, 0.3) is 0 Å². The smallest absolute Gasteiger partial charge is 0.224 e. The van der Waals surface area contributed by atoms with Crippen molar-refractivity contribution < 1.29 is 9.90 Å². The van der Waals surface area contributed by atoms with Crippen LogP contribution in [0.3, 0.4) is 0 Å². The van der Waals surface area contributed by atoms with E-state index in [4.69, 9.17) is 0 Å². The topological polar surface area (TPSA) is 65.5 Å². The first-order valence-electron chi connectivity index (χ1n) is 6.76.